The van der Waals surface area contributed by atoms with Crippen molar-refractivity contribution in [2.24, 2.45) is 12.9 Å². The molecule has 110 valence electrons. The number of hydrazine groups is 1. The fourth-order valence-corrected chi connectivity index (χ4v) is 1.72. The van der Waals surface area contributed by atoms with Gasteiger partial charge in [0.1, 0.15) is 5.82 Å². The van der Waals surface area contributed by atoms with Gasteiger partial charge in [-0.2, -0.15) is 9.97 Å². The van der Waals surface area contributed by atoms with Gasteiger partial charge in [0.15, 0.2) is 11.5 Å². The van der Waals surface area contributed by atoms with Crippen LogP contribution in [-0.2, 0) is 7.05 Å². The summed E-state index contributed by atoms with van der Waals surface area (Å²) in [5, 5.41) is 20.1. The van der Waals surface area contributed by atoms with Crippen LogP contribution in [0.4, 0.5) is 5.95 Å². The highest BCUT2D eigenvalue weighted by Crippen LogP contribution is 2.29. The topological polar surface area (TPSA) is 117 Å². The average molecular weight is 289 g/mol. The quantitative estimate of drug-likeness (QED) is 0.316. The maximum Gasteiger partial charge on any atom is 0.352 e. The number of phenols is 2. The molecule has 0 fully saturated rings. The molecule has 0 aliphatic heterocycles. The van der Waals surface area contributed by atoms with Crippen LogP contribution in [0.1, 0.15) is 0 Å². The van der Waals surface area contributed by atoms with Crippen LogP contribution in [0.15, 0.2) is 35.6 Å². The highest BCUT2D eigenvalue weighted by atomic mass is 16.3. The van der Waals surface area contributed by atoms with Crippen molar-refractivity contribution >= 4 is 5.95 Å². The van der Waals surface area contributed by atoms with Gasteiger partial charge >= 0.3 is 5.69 Å². The Morgan fingerprint density at radius 1 is 1.38 bits per heavy atom. The molecule has 0 saturated heterocycles. The molecule has 1 heterocycles. The molecule has 2 aromatic rings. The normalized spacial score (nSPS) is 10.4. The van der Waals surface area contributed by atoms with E-state index < -0.39 is 5.69 Å². The van der Waals surface area contributed by atoms with Crippen molar-refractivity contribution in [3.8, 4) is 22.9 Å². The summed E-state index contributed by atoms with van der Waals surface area (Å²) in [5.41, 5.74) is -0.0948. The second-order valence-corrected chi connectivity index (χ2v) is 4.33. The Balaban J connectivity index is 2.59. The van der Waals surface area contributed by atoms with Gasteiger partial charge in [-0.05, 0) is 18.2 Å². The molecule has 0 unspecified atom stereocenters. The Hall–Kier alpha value is -2.87. The predicted octanol–water partition coefficient (Wildman–Crippen LogP) is 0.120. The third-order valence-corrected chi connectivity index (χ3v) is 2.82. The molecule has 0 bridgehead atoms. The lowest BCUT2D eigenvalue weighted by Gasteiger charge is -2.16. The minimum absolute atomic E-state index is 0.0422. The molecule has 0 saturated carbocycles. The minimum atomic E-state index is -0.540. The van der Waals surface area contributed by atoms with E-state index in [1.165, 1.54) is 34.8 Å². The third kappa shape index (κ3) is 2.84. The lowest BCUT2D eigenvalue weighted by molar-refractivity contribution is 0.404. The molecule has 0 radical (unpaired) electrons. The molecule has 0 spiro atoms. The van der Waals surface area contributed by atoms with Crippen molar-refractivity contribution in [1.82, 2.24) is 14.5 Å². The summed E-state index contributed by atoms with van der Waals surface area (Å²) >= 11 is 0. The number of phenolic OH excluding ortho intramolecular Hbond substituents is 2. The second kappa shape index (κ2) is 5.63. The fraction of sp³-hybridized carbons (Fsp3) is 0.154. The van der Waals surface area contributed by atoms with E-state index in [0.29, 0.717) is 5.56 Å². The zero-order valence-corrected chi connectivity index (χ0v) is 11.4. The smallest absolute Gasteiger partial charge is 0.352 e. The number of nitrogens with zero attached hydrogens (tertiary/aromatic N) is 4. The number of aromatic nitrogens is 3. The van der Waals surface area contributed by atoms with E-state index in [9.17, 15) is 15.0 Å². The number of hydrogen-bond donors (Lipinski definition) is 3. The van der Waals surface area contributed by atoms with Gasteiger partial charge in [-0.1, -0.05) is 6.08 Å². The molecule has 0 aliphatic carbocycles. The molecule has 4 N–H and O–H groups in total. The Morgan fingerprint density at radius 3 is 2.71 bits per heavy atom. The second-order valence-electron chi connectivity index (χ2n) is 4.33. The van der Waals surface area contributed by atoms with E-state index in [4.69, 9.17) is 5.84 Å². The Bertz CT molecular complexity index is 741. The van der Waals surface area contributed by atoms with Gasteiger partial charge in [0, 0.05) is 12.6 Å². The Kier molecular flexibility index (Phi) is 3.90. The van der Waals surface area contributed by atoms with E-state index in [1.54, 1.807) is 6.08 Å². The standard InChI is InChI=1S/C13H15N5O3/c1-3-6-18(14)12-15-11(17(2)13(21)16-12)8-4-5-9(19)10(20)7-8/h3-5,7,19-20H,1,6,14H2,2H3. The molecule has 0 atom stereocenters. The van der Waals surface area contributed by atoms with Crippen molar-refractivity contribution in [1.29, 1.82) is 0 Å². The van der Waals surface area contributed by atoms with Crippen LogP contribution in [0, 0.1) is 0 Å². The number of benzene rings is 1. The van der Waals surface area contributed by atoms with Gasteiger partial charge in [0.25, 0.3) is 0 Å². The highest BCUT2D eigenvalue weighted by Gasteiger charge is 2.13. The zero-order valence-electron chi connectivity index (χ0n) is 11.4. The summed E-state index contributed by atoms with van der Waals surface area (Å²) < 4.78 is 1.22. The van der Waals surface area contributed by atoms with Gasteiger partial charge in [-0.3, -0.25) is 9.58 Å². The summed E-state index contributed by atoms with van der Waals surface area (Å²) in [6, 6.07) is 4.13. The molecule has 1 aromatic heterocycles. The first-order chi connectivity index (χ1) is 9.93. The summed E-state index contributed by atoms with van der Waals surface area (Å²) in [5.74, 6) is 5.46. The predicted molar refractivity (Wildman–Crippen MR) is 77.8 cm³/mol. The average Bonchev–Trinajstić information content (AvgIpc) is 2.45. The van der Waals surface area contributed by atoms with E-state index in [2.05, 4.69) is 16.5 Å². The summed E-state index contributed by atoms with van der Waals surface area (Å²) in [6.07, 6.45) is 1.55. The Morgan fingerprint density at radius 2 is 2.10 bits per heavy atom. The van der Waals surface area contributed by atoms with Crippen LogP contribution >= 0.6 is 0 Å². The largest absolute Gasteiger partial charge is 0.504 e. The van der Waals surface area contributed by atoms with Gasteiger partial charge < -0.3 is 10.2 Å². The van der Waals surface area contributed by atoms with Crippen molar-refractivity contribution in [3.05, 3.63) is 41.3 Å². The number of anilines is 1. The van der Waals surface area contributed by atoms with Crippen LogP contribution in [0.5, 0.6) is 11.5 Å². The number of hydrogen-bond acceptors (Lipinski definition) is 7. The first kappa shape index (κ1) is 14.5. The summed E-state index contributed by atoms with van der Waals surface area (Å²) in [7, 11) is 1.50. The fourth-order valence-electron chi connectivity index (χ4n) is 1.72. The van der Waals surface area contributed by atoms with Crippen molar-refractivity contribution < 1.29 is 10.2 Å². The van der Waals surface area contributed by atoms with Gasteiger partial charge in [-0.25, -0.2) is 10.6 Å². The molecule has 2 rings (SSSR count). The monoisotopic (exact) mass is 289 g/mol. The molecular weight excluding hydrogens is 274 g/mol. The van der Waals surface area contributed by atoms with Gasteiger partial charge in [-0.15, -0.1) is 6.58 Å². The Labute approximate surface area is 120 Å². The minimum Gasteiger partial charge on any atom is -0.504 e. The van der Waals surface area contributed by atoms with Crippen LogP contribution in [0.25, 0.3) is 11.4 Å². The first-order valence-electron chi connectivity index (χ1n) is 6.04. The van der Waals surface area contributed by atoms with Crippen LogP contribution in [0.3, 0.4) is 0 Å². The molecule has 8 nitrogen and oxygen atoms in total. The van der Waals surface area contributed by atoms with Gasteiger partial charge in [0.2, 0.25) is 5.95 Å². The first-order valence-corrected chi connectivity index (χ1v) is 6.04. The molecule has 0 aliphatic rings. The summed E-state index contributed by atoms with van der Waals surface area (Å²) in [6.45, 7) is 3.82. The summed E-state index contributed by atoms with van der Waals surface area (Å²) in [4.78, 5) is 19.8. The highest BCUT2D eigenvalue weighted by molar-refractivity contribution is 5.61. The number of nitrogens with two attached hydrogens (primary N) is 1. The van der Waals surface area contributed by atoms with Crippen molar-refractivity contribution in [2.45, 2.75) is 0 Å². The van der Waals surface area contributed by atoms with E-state index >= 15 is 0 Å². The molecule has 1 aromatic carbocycles. The molecule has 0 amide bonds. The van der Waals surface area contributed by atoms with Crippen molar-refractivity contribution in [2.75, 3.05) is 11.6 Å². The van der Waals surface area contributed by atoms with E-state index in [1.807, 2.05) is 0 Å². The van der Waals surface area contributed by atoms with E-state index in [0.717, 1.165) is 0 Å². The number of aromatic hydroxyl groups is 2. The lowest BCUT2D eigenvalue weighted by atomic mass is 10.2. The van der Waals surface area contributed by atoms with Crippen molar-refractivity contribution in [3.63, 3.8) is 0 Å². The molecule has 8 heteroatoms. The van der Waals surface area contributed by atoms with Gasteiger partial charge in [0.05, 0.1) is 6.54 Å². The maximum absolute atomic E-state index is 11.9. The maximum atomic E-state index is 11.9. The lowest BCUT2D eigenvalue weighted by Crippen LogP contribution is -2.36. The number of rotatable bonds is 4. The third-order valence-electron chi connectivity index (χ3n) is 2.82. The van der Waals surface area contributed by atoms with Crippen LogP contribution < -0.4 is 16.5 Å². The zero-order chi connectivity index (χ0) is 15.6. The van der Waals surface area contributed by atoms with Crippen LogP contribution in [0.2, 0.25) is 0 Å². The molecular formula is C13H15N5O3. The van der Waals surface area contributed by atoms with E-state index in [-0.39, 0.29) is 29.8 Å². The van der Waals surface area contributed by atoms with Crippen LogP contribution in [-0.4, -0.2) is 31.3 Å². The SMILES string of the molecule is C=CCN(N)c1nc(-c2ccc(O)c(O)c2)n(C)c(=O)n1. The molecule has 21 heavy (non-hydrogen) atoms.